The number of aryl methyl sites for hydroxylation is 2. The predicted octanol–water partition coefficient (Wildman–Crippen LogP) is 1.22. The fourth-order valence-electron chi connectivity index (χ4n) is 2.74. The van der Waals surface area contributed by atoms with Gasteiger partial charge in [0.25, 0.3) is 5.91 Å². The van der Waals surface area contributed by atoms with Crippen molar-refractivity contribution in [3.05, 3.63) is 41.7 Å². The number of rotatable bonds is 4. The molecule has 1 aliphatic heterocycles. The molecule has 1 aliphatic rings. The summed E-state index contributed by atoms with van der Waals surface area (Å²) in [7, 11) is 0. The third kappa shape index (κ3) is 4.54. The monoisotopic (exact) mass is 355 g/mol. The molecule has 3 rings (SSSR count). The van der Waals surface area contributed by atoms with Crippen molar-refractivity contribution in [1.82, 2.24) is 25.6 Å². The van der Waals surface area contributed by atoms with Gasteiger partial charge in [-0.05, 0) is 32.4 Å². The summed E-state index contributed by atoms with van der Waals surface area (Å²) in [5, 5.41) is 4.33. The highest BCUT2D eigenvalue weighted by atomic mass is 16.5. The molecule has 136 valence electrons. The Labute approximate surface area is 151 Å². The standard InChI is InChI=1S/C18H21N5O3/c1-12-7-13(2)9-15(8-12)17-19-11-23(22-17)5-3-16(24)20-21-18(25)14-4-6-26-10-14/h3,5,7-9,11,14H,4,6,10H2,1-2H3,(H,20,24)(H,21,25)/b5-3-. The van der Waals surface area contributed by atoms with E-state index >= 15 is 0 Å². The molecule has 2 amide bonds. The second-order valence-electron chi connectivity index (χ2n) is 6.28. The second-order valence-corrected chi connectivity index (χ2v) is 6.28. The molecular formula is C18H21N5O3. The van der Waals surface area contributed by atoms with Crippen molar-refractivity contribution in [1.29, 1.82) is 0 Å². The van der Waals surface area contributed by atoms with E-state index in [4.69, 9.17) is 4.74 Å². The van der Waals surface area contributed by atoms with Gasteiger partial charge in [0.05, 0.1) is 12.5 Å². The first-order valence-electron chi connectivity index (χ1n) is 8.37. The van der Waals surface area contributed by atoms with Crippen molar-refractivity contribution in [2.24, 2.45) is 5.92 Å². The summed E-state index contributed by atoms with van der Waals surface area (Å²) in [6.07, 6.45) is 4.92. The largest absolute Gasteiger partial charge is 0.381 e. The van der Waals surface area contributed by atoms with Crippen LogP contribution in [0.3, 0.4) is 0 Å². The molecule has 2 heterocycles. The zero-order valence-electron chi connectivity index (χ0n) is 14.7. The summed E-state index contributed by atoms with van der Waals surface area (Å²) in [4.78, 5) is 27.8. The molecule has 1 aromatic carbocycles. The van der Waals surface area contributed by atoms with E-state index in [2.05, 4.69) is 27.0 Å². The van der Waals surface area contributed by atoms with Crippen LogP contribution in [0.25, 0.3) is 17.6 Å². The molecule has 0 radical (unpaired) electrons. The van der Waals surface area contributed by atoms with Crippen LogP contribution in [0.15, 0.2) is 30.6 Å². The van der Waals surface area contributed by atoms with Crippen molar-refractivity contribution in [2.45, 2.75) is 20.3 Å². The van der Waals surface area contributed by atoms with Gasteiger partial charge in [-0.15, -0.1) is 5.10 Å². The summed E-state index contributed by atoms with van der Waals surface area (Å²) in [5.74, 6) is -0.339. The van der Waals surface area contributed by atoms with Crippen molar-refractivity contribution in [2.75, 3.05) is 13.2 Å². The molecule has 2 N–H and O–H groups in total. The molecule has 1 fully saturated rings. The average Bonchev–Trinajstić information content (AvgIpc) is 3.28. The number of nitrogens with one attached hydrogen (secondary N) is 2. The molecule has 1 saturated heterocycles. The Hall–Kier alpha value is -3.00. The van der Waals surface area contributed by atoms with Gasteiger partial charge in [0.2, 0.25) is 5.91 Å². The highest BCUT2D eigenvalue weighted by molar-refractivity contribution is 5.92. The molecule has 8 nitrogen and oxygen atoms in total. The van der Waals surface area contributed by atoms with Crippen LogP contribution >= 0.6 is 0 Å². The van der Waals surface area contributed by atoms with Gasteiger partial charge in [0.1, 0.15) is 6.33 Å². The average molecular weight is 355 g/mol. The van der Waals surface area contributed by atoms with Crippen LogP contribution in [0.1, 0.15) is 17.5 Å². The minimum Gasteiger partial charge on any atom is -0.381 e. The quantitative estimate of drug-likeness (QED) is 0.635. The Kier molecular flexibility index (Phi) is 5.43. The van der Waals surface area contributed by atoms with Crippen molar-refractivity contribution in [3.63, 3.8) is 0 Å². The van der Waals surface area contributed by atoms with Gasteiger partial charge in [-0.25, -0.2) is 9.67 Å². The first kappa shape index (κ1) is 17.8. The Balaban J connectivity index is 1.56. The first-order chi connectivity index (χ1) is 12.5. The van der Waals surface area contributed by atoms with Crippen LogP contribution in [0, 0.1) is 19.8 Å². The van der Waals surface area contributed by atoms with E-state index in [-0.39, 0.29) is 11.8 Å². The summed E-state index contributed by atoms with van der Waals surface area (Å²) in [6, 6.07) is 6.09. The third-order valence-electron chi connectivity index (χ3n) is 3.98. The molecule has 0 aliphatic carbocycles. The van der Waals surface area contributed by atoms with Gasteiger partial charge in [0.15, 0.2) is 5.82 Å². The minimum absolute atomic E-state index is 0.213. The van der Waals surface area contributed by atoms with E-state index in [0.29, 0.717) is 25.5 Å². The number of ether oxygens (including phenoxy) is 1. The molecule has 0 bridgehead atoms. The van der Waals surface area contributed by atoms with Gasteiger partial charge in [-0.1, -0.05) is 17.2 Å². The fraction of sp³-hybridized carbons (Fsp3) is 0.333. The maximum atomic E-state index is 11.8. The molecule has 0 spiro atoms. The highest BCUT2D eigenvalue weighted by Crippen LogP contribution is 2.18. The van der Waals surface area contributed by atoms with Gasteiger partial charge in [-0.3, -0.25) is 20.4 Å². The summed E-state index contributed by atoms with van der Waals surface area (Å²) in [5.41, 5.74) is 7.92. The SMILES string of the molecule is Cc1cc(C)cc(-c2ncn(/C=C\C(=O)NNC(=O)C3CCOC3)n2)c1. The number of hydrogen-bond donors (Lipinski definition) is 2. The van der Waals surface area contributed by atoms with Crippen LogP contribution in [-0.2, 0) is 14.3 Å². The van der Waals surface area contributed by atoms with Crippen molar-refractivity contribution < 1.29 is 14.3 Å². The fourth-order valence-corrected chi connectivity index (χ4v) is 2.74. The van der Waals surface area contributed by atoms with Crippen LogP contribution in [0.4, 0.5) is 0 Å². The van der Waals surface area contributed by atoms with Crippen molar-refractivity contribution in [3.8, 4) is 11.4 Å². The molecular weight excluding hydrogens is 334 g/mol. The van der Waals surface area contributed by atoms with Crippen LogP contribution in [-0.4, -0.2) is 39.8 Å². The van der Waals surface area contributed by atoms with E-state index in [0.717, 1.165) is 16.7 Å². The number of hydrogen-bond acceptors (Lipinski definition) is 5. The number of nitrogens with zero attached hydrogens (tertiary/aromatic N) is 3. The molecule has 1 aromatic heterocycles. The first-order valence-corrected chi connectivity index (χ1v) is 8.37. The third-order valence-corrected chi connectivity index (χ3v) is 3.98. The van der Waals surface area contributed by atoms with Gasteiger partial charge in [-0.2, -0.15) is 0 Å². The highest BCUT2D eigenvalue weighted by Gasteiger charge is 2.23. The lowest BCUT2D eigenvalue weighted by atomic mass is 10.1. The number of carbonyl (C=O) groups excluding carboxylic acids is 2. The van der Waals surface area contributed by atoms with Gasteiger partial charge >= 0.3 is 0 Å². The summed E-state index contributed by atoms with van der Waals surface area (Å²) in [6.45, 7) is 4.99. The Morgan fingerprint density at radius 2 is 2.00 bits per heavy atom. The van der Waals surface area contributed by atoms with Crippen LogP contribution in [0.5, 0.6) is 0 Å². The van der Waals surface area contributed by atoms with Gasteiger partial charge in [0, 0.05) is 24.4 Å². The number of benzene rings is 1. The lowest BCUT2D eigenvalue weighted by molar-refractivity contribution is -0.129. The Morgan fingerprint density at radius 3 is 2.69 bits per heavy atom. The number of carbonyl (C=O) groups is 2. The summed E-state index contributed by atoms with van der Waals surface area (Å²) >= 11 is 0. The lowest BCUT2D eigenvalue weighted by Crippen LogP contribution is -2.44. The molecule has 1 unspecified atom stereocenters. The second kappa shape index (κ2) is 7.92. The summed E-state index contributed by atoms with van der Waals surface area (Å²) < 4.78 is 6.58. The number of amides is 2. The number of hydrazine groups is 1. The van der Waals surface area contributed by atoms with Crippen molar-refractivity contribution >= 4 is 18.0 Å². The maximum absolute atomic E-state index is 11.8. The Morgan fingerprint density at radius 1 is 1.23 bits per heavy atom. The number of aromatic nitrogens is 3. The van der Waals surface area contributed by atoms with Crippen LogP contribution < -0.4 is 10.9 Å². The predicted molar refractivity (Wildman–Crippen MR) is 95.5 cm³/mol. The lowest BCUT2D eigenvalue weighted by Gasteiger charge is -2.08. The van der Waals surface area contributed by atoms with E-state index < -0.39 is 5.91 Å². The normalized spacial score (nSPS) is 16.8. The topological polar surface area (TPSA) is 98.1 Å². The van der Waals surface area contributed by atoms with Crippen LogP contribution in [0.2, 0.25) is 0 Å². The minimum atomic E-state index is -0.458. The molecule has 8 heteroatoms. The molecule has 1 atom stereocenters. The molecule has 26 heavy (non-hydrogen) atoms. The smallest absolute Gasteiger partial charge is 0.263 e. The molecule has 2 aromatic rings. The zero-order valence-corrected chi connectivity index (χ0v) is 14.7. The van der Waals surface area contributed by atoms with E-state index in [9.17, 15) is 9.59 Å². The Bertz CT molecular complexity index is 817. The maximum Gasteiger partial charge on any atom is 0.263 e. The molecule has 0 saturated carbocycles. The van der Waals surface area contributed by atoms with E-state index in [1.807, 2.05) is 26.0 Å². The van der Waals surface area contributed by atoms with E-state index in [1.165, 1.54) is 23.3 Å². The van der Waals surface area contributed by atoms with E-state index in [1.54, 1.807) is 0 Å². The zero-order chi connectivity index (χ0) is 18.5. The van der Waals surface area contributed by atoms with Gasteiger partial charge < -0.3 is 4.74 Å².